The SMILES string of the molecule is CN(CCCOc1ccccc1CNS(=O)(=O)c1c(F)c(F)c(F)c(F)c1F)C1CCCC1. The molecule has 0 aliphatic heterocycles. The summed E-state index contributed by atoms with van der Waals surface area (Å²) in [4.78, 5) is 0.368. The van der Waals surface area contributed by atoms with Gasteiger partial charge in [0.25, 0.3) is 0 Å². The van der Waals surface area contributed by atoms with Crippen molar-refractivity contribution in [3.8, 4) is 5.75 Å². The van der Waals surface area contributed by atoms with Crippen LogP contribution in [0.1, 0.15) is 37.7 Å². The molecule has 182 valence electrons. The van der Waals surface area contributed by atoms with Gasteiger partial charge in [-0.1, -0.05) is 31.0 Å². The maximum absolute atomic E-state index is 13.9. The Morgan fingerprint density at radius 1 is 0.970 bits per heavy atom. The Morgan fingerprint density at radius 2 is 1.55 bits per heavy atom. The number of para-hydroxylation sites is 1. The average Bonchev–Trinajstić information content (AvgIpc) is 3.33. The number of rotatable bonds is 10. The zero-order valence-corrected chi connectivity index (χ0v) is 18.8. The molecule has 1 N–H and O–H groups in total. The zero-order valence-electron chi connectivity index (χ0n) is 18.0. The molecule has 2 aromatic rings. The largest absolute Gasteiger partial charge is 0.493 e. The van der Waals surface area contributed by atoms with Crippen molar-refractivity contribution in [2.45, 2.75) is 49.6 Å². The fourth-order valence-corrected chi connectivity index (χ4v) is 5.02. The van der Waals surface area contributed by atoms with Crippen LogP contribution >= 0.6 is 0 Å². The van der Waals surface area contributed by atoms with Crippen molar-refractivity contribution in [3.63, 3.8) is 0 Å². The van der Waals surface area contributed by atoms with Gasteiger partial charge in [-0.2, -0.15) is 0 Å². The van der Waals surface area contributed by atoms with E-state index in [9.17, 15) is 30.4 Å². The fraction of sp³-hybridized carbons (Fsp3) is 0.455. The van der Waals surface area contributed by atoms with Gasteiger partial charge in [-0.3, -0.25) is 0 Å². The highest BCUT2D eigenvalue weighted by Gasteiger charge is 2.33. The van der Waals surface area contributed by atoms with Crippen LogP contribution in [0.2, 0.25) is 0 Å². The molecule has 0 spiro atoms. The number of sulfonamides is 1. The van der Waals surface area contributed by atoms with Crippen LogP contribution < -0.4 is 9.46 Å². The molecule has 0 saturated heterocycles. The molecule has 0 radical (unpaired) electrons. The minimum atomic E-state index is -5.05. The van der Waals surface area contributed by atoms with Crippen molar-refractivity contribution >= 4 is 10.0 Å². The van der Waals surface area contributed by atoms with Crippen molar-refractivity contribution in [1.29, 1.82) is 0 Å². The Labute approximate surface area is 189 Å². The summed E-state index contributed by atoms with van der Waals surface area (Å²) >= 11 is 0. The van der Waals surface area contributed by atoms with E-state index >= 15 is 0 Å². The summed E-state index contributed by atoms with van der Waals surface area (Å²) in [6.07, 6.45) is 5.57. The van der Waals surface area contributed by atoms with E-state index in [1.165, 1.54) is 31.7 Å². The van der Waals surface area contributed by atoms with E-state index in [1.807, 2.05) is 4.72 Å². The standard InChI is InChI=1S/C22H25F5N2O3S/c1-29(15-8-3-4-9-15)11-6-12-32-16-10-5-2-7-14(16)13-28-33(30,31)22-20(26)18(24)17(23)19(25)21(22)27/h2,5,7,10,15,28H,3-4,6,8-9,11-13H2,1H3. The number of hydrogen-bond donors (Lipinski definition) is 1. The van der Waals surface area contributed by atoms with Gasteiger partial charge >= 0.3 is 0 Å². The highest BCUT2D eigenvalue weighted by molar-refractivity contribution is 7.89. The number of nitrogens with zero attached hydrogens (tertiary/aromatic N) is 1. The maximum Gasteiger partial charge on any atom is 0.246 e. The lowest BCUT2D eigenvalue weighted by Crippen LogP contribution is -2.30. The summed E-state index contributed by atoms with van der Waals surface area (Å²) in [6, 6.07) is 6.97. The first-order chi connectivity index (χ1) is 15.6. The molecule has 1 fully saturated rings. The fourth-order valence-electron chi connectivity index (χ4n) is 3.88. The molecule has 1 aliphatic rings. The van der Waals surface area contributed by atoms with Gasteiger partial charge in [0.15, 0.2) is 28.2 Å². The molecule has 2 aromatic carbocycles. The van der Waals surface area contributed by atoms with Gasteiger partial charge in [-0.15, -0.1) is 0 Å². The van der Waals surface area contributed by atoms with E-state index in [0.717, 1.165) is 13.0 Å². The Hall–Kier alpha value is -2.24. The monoisotopic (exact) mass is 492 g/mol. The third-order valence-electron chi connectivity index (χ3n) is 5.72. The summed E-state index contributed by atoms with van der Waals surface area (Å²) in [5.41, 5.74) is 0.342. The van der Waals surface area contributed by atoms with Crippen LogP contribution in [0, 0.1) is 29.1 Å². The molecule has 5 nitrogen and oxygen atoms in total. The van der Waals surface area contributed by atoms with Crippen molar-refractivity contribution in [3.05, 3.63) is 58.9 Å². The van der Waals surface area contributed by atoms with Gasteiger partial charge in [-0.25, -0.2) is 35.1 Å². The van der Waals surface area contributed by atoms with E-state index in [0.29, 0.717) is 24.0 Å². The van der Waals surface area contributed by atoms with E-state index < -0.39 is 50.5 Å². The molecule has 0 heterocycles. The summed E-state index contributed by atoms with van der Waals surface area (Å²) in [6.45, 7) is 0.720. The Bertz CT molecular complexity index is 1060. The molecule has 0 bridgehead atoms. The molecule has 0 atom stereocenters. The van der Waals surface area contributed by atoms with Gasteiger partial charge in [0.05, 0.1) is 6.61 Å². The van der Waals surface area contributed by atoms with E-state index in [4.69, 9.17) is 4.74 Å². The molecule has 1 saturated carbocycles. The Kier molecular flexibility index (Phi) is 8.30. The topological polar surface area (TPSA) is 58.6 Å². The lowest BCUT2D eigenvalue weighted by atomic mass is 10.2. The third kappa shape index (κ3) is 5.82. The maximum atomic E-state index is 13.9. The molecular formula is C22H25F5N2O3S. The summed E-state index contributed by atoms with van der Waals surface area (Å²) in [5.74, 6) is -11.6. The first-order valence-electron chi connectivity index (χ1n) is 10.6. The number of hydrogen-bond acceptors (Lipinski definition) is 4. The molecular weight excluding hydrogens is 467 g/mol. The highest BCUT2D eigenvalue weighted by atomic mass is 32.2. The highest BCUT2D eigenvalue weighted by Crippen LogP contribution is 2.27. The summed E-state index contributed by atoms with van der Waals surface area (Å²) < 4.78 is 100. The summed E-state index contributed by atoms with van der Waals surface area (Å²) in [7, 11) is -2.99. The predicted octanol–water partition coefficient (Wildman–Crippen LogP) is 4.50. The van der Waals surface area contributed by atoms with Gasteiger partial charge in [-0.05, 0) is 32.4 Å². The lowest BCUT2D eigenvalue weighted by molar-refractivity contribution is 0.215. The van der Waals surface area contributed by atoms with Crippen LogP contribution in [0.25, 0.3) is 0 Å². The van der Waals surface area contributed by atoms with E-state index in [1.54, 1.807) is 18.2 Å². The van der Waals surface area contributed by atoms with Crippen LogP contribution in [0.4, 0.5) is 22.0 Å². The molecule has 3 rings (SSSR count). The Morgan fingerprint density at radius 3 is 2.18 bits per heavy atom. The normalized spacial score (nSPS) is 14.9. The first-order valence-corrected chi connectivity index (χ1v) is 12.0. The van der Waals surface area contributed by atoms with Gasteiger partial charge in [0.2, 0.25) is 15.8 Å². The average molecular weight is 493 g/mol. The second-order valence-electron chi connectivity index (χ2n) is 7.95. The second-order valence-corrected chi connectivity index (χ2v) is 9.66. The number of benzene rings is 2. The van der Waals surface area contributed by atoms with Crippen molar-refractivity contribution in [2.24, 2.45) is 0 Å². The van der Waals surface area contributed by atoms with Crippen LogP contribution in [0.15, 0.2) is 29.2 Å². The minimum absolute atomic E-state index is 0.342. The molecule has 33 heavy (non-hydrogen) atoms. The van der Waals surface area contributed by atoms with Crippen LogP contribution in [-0.2, 0) is 16.6 Å². The van der Waals surface area contributed by atoms with Crippen LogP contribution in [-0.4, -0.2) is 39.6 Å². The smallest absolute Gasteiger partial charge is 0.246 e. The van der Waals surface area contributed by atoms with Gasteiger partial charge < -0.3 is 9.64 Å². The molecule has 0 aromatic heterocycles. The van der Waals surface area contributed by atoms with Gasteiger partial charge in [0, 0.05) is 24.7 Å². The van der Waals surface area contributed by atoms with Crippen LogP contribution in [0.5, 0.6) is 5.75 Å². The van der Waals surface area contributed by atoms with Crippen LogP contribution in [0.3, 0.4) is 0 Å². The number of ether oxygens (including phenoxy) is 1. The zero-order chi connectivity index (χ0) is 24.2. The Balaban J connectivity index is 1.64. The van der Waals surface area contributed by atoms with E-state index in [2.05, 4.69) is 11.9 Å². The second kappa shape index (κ2) is 10.8. The van der Waals surface area contributed by atoms with Crippen molar-refractivity contribution < 1.29 is 35.1 Å². The molecule has 1 aliphatic carbocycles. The predicted molar refractivity (Wildman–Crippen MR) is 112 cm³/mol. The van der Waals surface area contributed by atoms with Crippen molar-refractivity contribution in [1.82, 2.24) is 9.62 Å². The molecule has 0 amide bonds. The number of halogens is 5. The van der Waals surface area contributed by atoms with E-state index in [-0.39, 0.29) is 0 Å². The van der Waals surface area contributed by atoms with Gasteiger partial charge in [0.1, 0.15) is 5.75 Å². The summed E-state index contributed by atoms with van der Waals surface area (Å²) in [5, 5.41) is 0. The first kappa shape index (κ1) is 25.4. The molecule has 0 unspecified atom stereocenters. The third-order valence-corrected chi connectivity index (χ3v) is 7.14. The molecule has 11 heteroatoms. The minimum Gasteiger partial charge on any atom is -0.493 e. The lowest BCUT2D eigenvalue weighted by Gasteiger charge is -2.23. The van der Waals surface area contributed by atoms with Crippen molar-refractivity contribution in [2.75, 3.05) is 20.2 Å². The number of nitrogens with one attached hydrogen (secondary N) is 1. The quantitative estimate of drug-likeness (QED) is 0.230.